The van der Waals surface area contributed by atoms with Gasteiger partial charge in [0.25, 0.3) is 0 Å². The normalized spacial score (nSPS) is 10.5. The van der Waals surface area contributed by atoms with E-state index in [2.05, 4.69) is 20.6 Å². The van der Waals surface area contributed by atoms with Gasteiger partial charge in [-0.15, -0.1) is 0 Å². The lowest BCUT2D eigenvalue weighted by Gasteiger charge is -2.12. The number of carbonyl (C=O) groups excluding carboxylic acids is 1. The minimum Gasteiger partial charge on any atom is -0.438 e. The maximum absolute atomic E-state index is 11.2. The summed E-state index contributed by atoms with van der Waals surface area (Å²) in [6.07, 6.45) is 1.59. The zero-order chi connectivity index (χ0) is 20.2. The summed E-state index contributed by atoms with van der Waals surface area (Å²) in [5, 5.41) is 7.85. The van der Waals surface area contributed by atoms with Crippen LogP contribution in [0.15, 0.2) is 72.9 Å². The minimum atomic E-state index is -0.630. The van der Waals surface area contributed by atoms with Crippen LogP contribution in [0.3, 0.4) is 0 Å². The minimum absolute atomic E-state index is 0.354. The first kappa shape index (κ1) is 18.5. The van der Waals surface area contributed by atoms with Crippen molar-refractivity contribution < 1.29 is 9.53 Å². The van der Waals surface area contributed by atoms with Gasteiger partial charge in [-0.2, -0.15) is 4.98 Å². The number of hydrogen-bond donors (Lipinski definition) is 3. The van der Waals surface area contributed by atoms with Crippen molar-refractivity contribution >= 4 is 45.7 Å². The topological polar surface area (TPSA) is 102 Å². The van der Waals surface area contributed by atoms with Gasteiger partial charge in [0.1, 0.15) is 5.75 Å². The molecule has 7 nitrogen and oxygen atoms in total. The monoisotopic (exact) mass is 405 g/mol. The average molecular weight is 406 g/mol. The van der Waals surface area contributed by atoms with Gasteiger partial charge in [0.15, 0.2) is 0 Å². The number of halogens is 1. The van der Waals surface area contributed by atoms with E-state index in [-0.39, 0.29) is 0 Å². The van der Waals surface area contributed by atoms with Gasteiger partial charge in [-0.3, -0.25) is 0 Å². The highest BCUT2D eigenvalue weighted by Crippen LogP contribution is 2.34. The fourth-order valence-corrected chi connectivity index (χ4v) is 3.04. The summed E-state index contributed by atoms with van der Waals surface area (Å²) in [6.45, 7) is 0. The third-order valence-corrected chi connectivity index (χ3v) is 4.44. The number of ether oxygens (including phenoxy) is 1. The molecule has 1 aromatic heterocycles. The molecule has 0 aliphatic carbocycles. The van der Waals surface area contributed by atoms with Crippen LogP contribution in [0.1, 0.15) is 0 Å². The standard InChI is InChI=1S/C21H16ClN5O2/c22-15-7-3-4-8-17(15)26-21-24-12-11-19(27-21)29-18-10-9-16(25-20(23)28)13-5-1-2-6-14(13)18/h1-12H,(H3,23,25,28)(H,24,26,27). The third-order valence-electron chi connectivity index (χ3n) is 4.11. The Kier molecular flexibility index (Phi) is 5.13. The number of carbonyl (C=O) groups is 1. The Morgan fingerprint density at radius 2 is 1.69 bits per heavy atom. The fraction of sp³-hybridized carbons (Fsp3) is 0. The molecule has 29 heavy (non-hydrogen) atoms. The van der Waals surface area contributed by atoms with E-state index < -0.39 is 6.03 Å². The molecule has 4 N–H and O–H groups in total. The number of aromatic nitrogens is 2. The van der Waals surface area contributed by atoms with E-state index in [9.17, 15) is 4.79 Å². The van der Waals surface area contributed by atoms with Gasteiger partial charge in [0, 0.05) is 23.0 Å². The van der Waals surface area contributed by atoms with Crippen molar-refractivity contribution in [2.45, 2.75) is 0 Å². The number of anilines is 3. The smallest absolute Gasteiger partial charge is 0.316 e. The van der Waals surface area contributed by atoms with Crippen LogP contribution in [0.2, 0.25) is 5.02 Å². The molecule has 0 saturated carbocycles. The Balaban J connectivity index is 1.64. The van der Waals surface area contributed by atoms with Crippen molar-refractivity contribution in [2.75, 3.05) is 10.6 Å². The van der Waals surface area contributed by atoms with Gasteiger partial charge in [-0.25, -0.2) is 9.78 Å². The number of urea groups is 1. The Bertz CT molecular complexity index is 1200. The Labute approximate surface area is 171 Å². The Hall–Kier alpha value is -3.84. The number of rotatable bonds is 5. The second-order valence-corrected chi connectivity index (χ2v) is 6.48. The molecule has 0 radical (unpaired) electrons. The Morgan fingerprint density at radius 3 is 2.48 bits per heavy atom. The van der Waals surface area contributed by atoms with Crippen LogP contribution < -0.4 is 21.1 Å². The van der Waals surface area contributed by atoms with Crippen LogP contribution in [0.5, 0.6) is 11.6 Å². The number of benzene rings is 3. The summed E-state index contributed by atoms with van der Waals surface area (Å²) >= 11 is 6.17. The average Bonchev–Trinajstić information content (AvgIpc) is 2.72. The van der Waals surface area contributed by atoms with Crippen molar-refractivity contribution in [3.63, 3.8) is 0 Å². The molecule has 0 fully saturated rings. The van der Waals surface area contributed by atoms with Crippen LogP contribution in [-0.2, 0) is 0 Å². The van der Waals surface area contributed by atoms with E-state index in [1.54, 1.807) is 30.5 Å². The molecule has 0 atom stereocenters. The molecule has 144 valence electrons. The molecule has 0 unspecified atom stereocenters. The molecule has 4 aromatic rings. The molecule has 8 heteroatoms. The molecule has 0 bridgehead atoms. The lowest BCUT2D eigenvalue weighted by molar-refractivity contribution is 0.259. The number of para-hydroxylation sites is 1. The van der Waals surface area contributed by atoms with E-state index in [1.165, 1.54) is 0 Å². The molecule has 1 heterocycles. The van der Waals surface area contributed by atoms with Crippen molar-refractivity contribution in [2.24, 2.45) is 5.73 Å². The molecular weight excluding hydrogens is 390 g/mol. The molecule has 0 aliphatic rings. The first-order chi connectivity index (χ1) is 14.1. The third kappa shape index (κ3) is 4.20. The highest BCUT2D eigenvalue weighted by atomic mass is 35.5. The zero-order valence-electron chi connectivity index (χ0n) is 15.1. The maximum Gasteiger partial charge on any atom is 0.316 e. The lowest BCUT2D eigenvalue weighted by atomic mass is 10.1. The zero-order valence-corrected chi connectivity index (χ0v) is 15.9. The quantitative estimate of drug-likeness (QED) is 0.417. The van der Waals surface area contributed by atoms with Gasteiger partial charge >= 0.3 is 6.03 Å². The summed E-state index contributed by atoms with van der Waals surface area (Å²) in [4.78, 5) is 19.8. The van der Waals surface area contributed by atoms with E-state index in [0.717, 1.165) is 10.8 Å². The van der Waals surface area contributed by atoms with E-state index in [0.29, 0.717) is 34.0 Å². The number of primary amides is 1. The molecule has 3 aromatic carbocycles. The van der Waals surface area contributed by atoms with Gasteiger partial charge in [0.2, 0.25) is 11.8 Å². The lowest BCUT2D eigenvalue weighted by Crippen LogP contribution is -2.19. The summed E-state index contributed by atoms with van der Waals surface area (Å²) < 4.78 is 5.99. The largest absolute Gasteiger partial charge is 0.438 e. The van der Waals surface area contributed by atoms with Crippen molar-refractivity contribution in [3.05, 3.63) is 77.9 Å². The fourth-order valence-electron chi connectivity index (χ4n) is 2.86. The number of amides is 2. The van der Waals surface area contributed by atoms with Crippen molar-refractivity contribution in [3.8, 4) is 11.6 Å². The highest BCUT2D eigenvalue weighted by molar-refractivity contribution is 6.33. The number of nitrogens with two attached hydrogens (primary N) is 1. The maximum atomic E-state index is 11.2. The summed E-state index contributed by atoms with van der Waals surface area (Å²) in [6, 6.07) is 19.3. The van der Waals surface area contributed by atoms with Gasteiger partial charge in [-0.1, -0.05) is 48.0 Å². The van der Waals surface area contributed by atoms with Gasteiger partial charge in [-0.05, 0) is 24.3 Å². The second kappa shape index (κ2) is 8.04. The predicted octanol–water partition coefficient (Wildman–Crippen LogP) is 5.31. The SMILES string of the molecule is NC(=O)Nc1ccc(Oc2ccnc(Nc3ccccc3Cl)n2)c2ccccc12. The van der Waals surface area contributed by atoms with Gasteiger partial charge < -0.3 is 21.1 Å². The summed E-state index contributed by atoms with van der Waals surface area (Å²) in [7, 11) is 0. The number of hydrogen-bond acceptors (Lipinski definition) is 5. The van der Waals surface area contributed by atoms with Crippen LogP contribution in [0, 0.1) is 0 Å². The highest BCUT2D eigenvalue weighted by Gasteiger charge is 2.10. The number of nitrogens with zero attached hydrogens (tertiary/aromatic N) is 2. The van der Waals surface area contributed by atoms with Crippen LogP contribution >= 0.6 is 11.6 Å². The summed E-state index contributed by atoms with van der Waals surface area (Å²) in [5.74, 6) is 1.29. The van der Waals surface area contributed by atoms with Crippen LogP contribution in [0.4, 0.5) is 22.1 Å². The molecule has 0 aliphatic heterocycles. The van der Waals surface area contributed by atoms with Crippen LogP contribution in [0.25, 0.3) is 10.8 Å². The first-order valence-corrected chi connectivity index (χ1v) is 9.08. The Morgan fingerprint density at radius 1 is 0.931 bits per heavy atom. The van der Waals surface area contributed by atoms with Gasteiger partial charge in [0.05, 0.1) is 16.4 Å². The second-order valence-electron chi connectivity index (χ2n) is 6.07. The number of nitrogens with one attached hydrogen (secondary N) is 2. The van der Waals surface area contributed by atoms with E-state index >= 15 is 0 Å². The van der Waals surface area contributed by atoms with Crippen molar-refractivity contribution in [1.82, 2.24) is 9.97 Å². The summed E-state index contributed by atoms with van der Waals surface area (Å²) in [5.41, 5.74) is 6.55. The molecule has 2 amide bonds. The molecule has 0 saturated heterocycles. The molecule has 0 spiro atoms. The first-order valence-electron chi connectivity index (χ1n) is 8.71. The van der Waals surface area contributed by atoms with E-state index in [4.69, 9.17) is 22.1 Å². The molecule has 4 rings (SSSR count). The molecular formula is C21H16ClN5O2. The van der Waals surface area contributed by atoms with E-state index in [1.807, 2.05) is 42.5 Å². The number of fused-ring (bicyclic) bond motifs is 1. The van der Waals surface area contributed by atoms with Crippen LogP contribution in [-0.4, -0.2) is 16.0 Å². The van der Waals surface area contributed by atoms with Crippen molar-refractivity contribution in [1.29, 1.82) is 0 Å². The predicted molar refractivity (Wildman–Crippen MR) is 114 cm³/mol.